The lowest BCUT2D eigenvalue weighted by atomic mass is 10.1. The molecule has 0 saturated carbocycles. The fourth-order valence-corrected chi connectivity index (χ4v) is 3.13. The molecule has 2 aromatic carbocycles. The van der Waals surface area contributed by atoms with Crippen molar-refractivity contribution in [1.29, 1.82) is 0 Å². The van der Waals surface area contributed by atoms with Gasteiger partial charge >= 0.3 is 0 Å². The number of nitrogens with one attached hydrogen (secondary N) is 1. The van der Waals surface area contributed by atoms with Crippen LogP contribution in [0.5, 0.6) is 5.75 Å². The van der Waals surface area contributed by atoms with Crippen LogP contribution in [0.15, 0.2) is 48.5 Å². The lowest BCUT2D eigenvalue weighted by Crippen LogP contribution is -2.01. The van der Waals surface area contributed by atoms with Crippen LogP contribution in [0.1, 0.15) is 17.5 Å². The Morgan fingerprint density at radius 1 is 1.18 bits per heavy atom. The molecule has 0 radical (unpaired) electrons. The Bertz CT molecular complexity index is 707. The number of nitrogens with zero attached hydrogens (tertiary/aromatic N) is 1. The van der Waals surface area contributed by atoms with Gasteiger partial charge in [0.25, 0.3) is 0 Å². The highest BCUT2D eigenvalue weighted by atomic mass is 32.2. The summed E-state index contributed by atoms with van der Waals surface area (Å²) in [6.07, 6.45) is -0.486. The van der Waals surface area contributed by atoms with E-state index in [1.54, 1.807) is 18.9 Å². The van der Waals surface area contributed by atoms with Gasteiger partial charge in [-0.05, 0) is 29.8 Å². The van der Waals surface area contributed by atoms with Crippen LogP contribution in [0.2, 0.25) is 0 Å². The molecule has 1 heterocycles. The van der Waals surface area contributed by atoms with Crippen molar-refractivity contribution in [1.82, 2.24) is 9.97 Å². The number of hydrogen-bond acceptors (Lipinski definition) is 4. The Morgan fingerprint density at radius 2 is 1.95 bits per heavy atom. The molecule has 1 aromatic heterocycles. The van der Waals surface area contributed by atoms with Crippen LogP contribution in [0, 0.1) is 0 Å². The fourth-order valence-electron chi connectivity index (χ4n) is 2.26. The number of benzene rings is 2. The number of aromatic amines is 1. The first-order valence-electron chi connectivity index (χ1n) is 7.09. The Hall–Kier alpha value is -1.98. The molecule has 1 atom stereocenters. The molecule has 114 valence electrons. The van der Waals surface area contributed by atoms with Crippen molar-refractivity contribution in [3.8, 4) is 5.75 Å². The SMILES string of the molecule is COc1ccc(C(O)CSCc2nc3ccccc3[nH]2)cc1. The number of methoxy groups -OCH3 is 1. The average Bonchev–Trinajstić information content (AvgIpc) is 2.97. The number of thioether (sulfide) groups is 1. The third-order valence-corrected chi connectivity index (χ3v) is 4.48. The van der Waals surface area contributed by atoms with Gasteiger partial charge in [0, 0.05) is 5.75 Å². The Labute approximate surface area is 133 Å². The molecular formula is C17H18N2O2S. The smallest absolute Gasteiger partial charge is 0.118 e. The van der Waals surface area contributed by atoms with Crippen LogP contribution in [-0.4, -0.2) is 27.9 Å². The summed E-state index contributed by atoms with van der Waals surface area (Å²) >= 11 is 1.66. The largest absolute Gasteiger partial charge is 0.497 e. The Morgan fingerprint density at radius 3 is 2.68 bits per heavy atom. The summed E-state index contributed by atoms with van der Waals surface area (Å²) in [7, 11) is 1.63. The monoisotopic (exact) mass is 314 g/mol. The summed E-state index contributed by atoms with van der Waals surface area (Å²) in [6.45, 7) is 0. The van der Waals surface area contributed by atoms with Gasteiger partial charge in [0.05, 0.1) is 30.0 Å². The van der Waals surface area contributed by atoms with Gasteiger partial charge in [-0.25, -0.2) is 4.98 Å². The lowest BCUT2D eigenvalue weighted by Gasteiger charge is -2.10. The molecule has 1 unspecified atom stereocenters. The number of hydrogen-bond donors (Lipinski definition) is 2. The number of imidazole rings is 1. The second kappa shape index (κ2) is 6.85. The summed E-state index contributed by atoms with van der Waals surface area (Å²) in [5.74, 6) is 3.12. The molecule has 3 rings (SSSR count). The van der Waals surface area contributed by atoms with E-state index in [2.05, 4.69) is 9.97 Å². The summed E-state index contributed by atoms with van der Waals surface area (Å²) in [5.41, 5.74) is 2.93. The maximum atomic E-state index is 10.2. The van der Waals surface area contributed by atoms with Gasteiger partial charge in [0.1, 0.15) is 11.6 Å². The number of aliphatic hydroxyl groups excluding tert-OH is 1. The molecule has 0 aliphatic heterocycles. The predicted octanol–water partition coefficient (Wildman–Crippen LogP) is 3.54. The molecule has 0 amide bonds. The number of aliphatic hydroxyl groups is 1. The van der Waals surface area contributed by atoms with E-state index < -0.39 is 6.10 Å². The van der Waals surface area contributed by atoms with Crippen molar-refractivity contribution >= 4 is 22.8 Å². The quantitative estimate of drug-likeness (QED) is 0.730. The second-order valence-corrected chi connectivity index (χ2v) is 6.03. The molecule has 0 saturated heterocycles. The average molecular weight is 314 g/mol. The van der Waals surface area contributed by atoms with Gasteiger partial charge in [-0.15, -0.1) is 0 Å². The van der Waals surface area contributed by atoms with Gasteiger partial charge in [-0.3, -0.25) is 0 Å². The van der Waals surface area contributed by atoms with Crippen molar-refractivity contribution in [3.05, 3.63) is 59.9 Å². The van der Waals surface area contributed by atoms with Crippen molar-refractivity contribution in [2.75, 3.05) is 12.9 Å². The summed E-state index contributed by atoms with van der Waals surface area (Å²) in [4.78, 5) is 7.82. The highest BCUT2D eigenvalue weighted by Gasteiger charge is 2.09. The van der Waals surface area contributed by atoms with Crippen LogP contribution in [0.25, 0.3) is 11.0 Å². The number of ether oxygens (including phenoxy) is 1. The minimum Gasteiger partial charge on any atom is -0.497 e. The van der Waals surface area contributed by atoms with Gasteiger partial charge in [0.15, 0.2) is 0 Å². The summed E-state index contributed by atoms with van der Waals surface area (Å²) in [6, 6.07) is 15.5. The van der Waals surface area contributed by atoms with E-state index in [-0.39, 0.29) is 0 Å². The van der Waals surface area contributed by atoms with Gasteiger partial charge in [-0.1, -0.05) is 24.3 Å². The van der Waals surface area contributed by atoms with Gasteiger partial charge < -0.3 is 14.8 Å². The fraction of sp³-hybridized carbons (Fsp3) is 0.235. The van der Waals surface area contributed by atoms with Gasteiger partial charge in [0.2, 0.25) is 0 Å². The maximum Gasteiger partial charge on any atom is 0.118 e. The van der Waals surface area contributed by atoms with Crippen LogP contribution in [0.3, 0.4) is 0 Å². The van der Waals surface area contributed by atoms with E-state index in [0.717, 1.165) is 33.9 Å². The Balaban J connectivity index is 1.55. The first-order chi connectivity index (χ1) is 10.8. The molecule has 5 heteroatoms. The molecule has 22 heavy (non-hydrogen) atoms. The molecule has 4 nitrogen and oxygen atoms in total. The highest BCUT2D eigenvalue weighted by molar-refractivity contribution is 7.98. The van der Waals surface area contributed by atoms with E-state index in [1.807, 2.05) is 48.5 Å². The molecule has 2 N–H and O–H groups in total. The molecule has 0 bridgehead atoms. The third-order valence-electron chi connectivity index (χ3n) is 3.45. The summed E-state index contributed by atoms with van der Waals surface area (Å²) < 4.78 is 5.12. The number of fused-ring (bicyclic) bond motifs is 1. The first kappa shape index (κ1) is 14.9. The van der Waals surface area contributed by atoms with E-state index >= 15 is 0 Å². The number of aromatic nitrogens is 2. The van der Waals surface area contributed by atoms with Crippen molar-refractivity contribution in [3.63, 3.8) is 0 Å². The van der Waals surface area contributed by atoms with Crippen molar-refractivity contribution < 1.29 is 9.84 Å². The molecular weight excluding hydrogens is 296 g/mol. The van der Waals surface area contributed by atoms with E-state index in [4.69, 9.17) is 4.74 Å². The van der Waals surface area contributed by atoms with Crippen LogP contribution >= 0.6 is 11.8 Å². The van der Waals surface area contributed by atoms with Crippen molar-refractivity contribution in [2.45, 2.75) is 11.9 Å². The lowest BCUT2D eigenvalue weighted by molar-refractivity contribution is 0.204. The molecule has 0 fully saturated rings. The highest BCUT2D eigenvalue weighted by Crippen LogP contribution is 2.23. The molecule has 3 aromatic rings. The Kier molecular flexibility index (Phi) is 4.65. The zero-order valence-corrected chi connectivity index (χ0v) is 13.1. The first-order valence-corrected chi connectivity index (χ1v) is 8.25. The van der Waals surface area contributed by atoms with E-state index in [1.165, 1.54) is 0 Å². The minimum absolute atomic E-state index is 0.486. The zero-order chi connectivity index (χ0) is 15.4. The normalized spacial score (nSPS) is 12.5. The third kappa shape index (κ3) is 3.43. The number of para-hydroxylation sites is 2. The van der Waals surface area contributed by atoms with Crippen molar-refractivity contribution in [2.24, 2.45) is 0 Å². The molecule has 0 aliphatic carbocycles. The maximum absolute atomic E-state index is 10.2. The van der Waals surface area contributed by atoms with E-state index in [9.17, 15) is 5.11 Å². The van der Waals surface area contributed by atoms with Crippen LogP contribution in [-0.2, 0) is 5.75 Å². The van der Waals surface area contributed by atoms with Gasteiger partial charge in [-0.2, -0.15) is 11.8 Å². The predicted molar refractivity (Wildman–Crippen MR) is 90.2 cm³/mol. The molecule has 0 aliphatic rings. The van der Waals surface area contributed by atoms with E-state index in [0.29, 0.717) is 5.75 Å². The second-order valence-electron chi connectivity index (χ2n) is 5.00. The summed E-state index contributed by atoms with van der Waals surface area (Å²) in [5, 5.41) is 10.2. The zero-order valence-electron chi connectivity index (χ0n) is 12.3. The standard InChI is InChI=1S/C17H18N2O2S/c1-21-13-8-6-12(7-9-13)16(20)10-22-11-17-18-14-4-2-3-5-15(14)19-17/h2-9,16,20H,10-11H2,1H3,(H,18,19). The number of rotatable bonds is 6. The van der Waals surface area contributed by atoms with Crippen LogP contribution in [0.4, 0.5) is 0 Å². The number of H-pyrrole nitrogens is 1. The minimum atomic E-state index is -0.486. The topological polar surface area (TPSA) is 58.1 Å². The van der Waals surface area contributed by atoms with Crippen LogP contribution < -0.4 is 4.74 Å². The molecule has 0 spiro atoms.